The van der Waals surface area contributed by atoms with E-state index in [9.17, 15) is 0 Å². The van der Waals surface area contributed by atoms with E-state index < -0.39 is 0 Å². The van der Waals surface area contributed by atoms with Crippen LogP contribution in [-0.4, -0.2) is 27.9 Å². The second-order valence-electron chi connectivity index (χ2n) is 9.12. The molecule has 0 spiro atoms. The third-order valence-electron chi connectivity index (χ3n) is 6.31. The van der Waals surface area contributed by atoms with Crippen molar-refractivity contribution in [2.45, 2.75) is 27.2 Å². The van der Waals surface area contributed by atoms with E-state index in [2.05, 4.69) is 116 Å². The Kier molecular flexibility index (Phi) is 6.55. The van der Waals surface area contributed by atoms with Gasteiger partial charge in [-0.25, -0.2) is 0 Å². The maximum absolute atomic E-state index is 4.15. The van der Waals surface area contributed by atoms with Crippen LogP contribution in [0, 0.1) is 20.8 Å². The number of hydrogen-bond donors (Lipinski definition) is 0. The lowest BCUT2D eigenvalue weighted by Crippen LogP contribution is -2.12. The van der Waals surface area contributed by atoms with Gasteiger partial charge in [0, 0.05) is 50.5 Å². The first kappa shape index (κ1) is 22.7. The Bertz CT molecular complexity index is 1310. The summed E-state index contributed by atoms with van der Waals surface area (Å²) in [5, 5.41) is 6.70. The summed E-state index contributed by atoms with van der Waals surface area (Å²) in [5.41, 5.74) is 9.39. The quantitative estimate of drug-likeness (QED) is 0.281. The number of aromatic nitrogens is 3. The van der Waals surface area contributed by atoms with E-state index in [1.807, 2.05) is 17.9 Å². The lowest BCUT2D eigenvalue weighted by Gasteiger charge is -2.11. The second kappa shape index (κ2) is 9.53. The molecule has 0 fully saturated rings. The molecule has 0 aliphatic carbocycles. The first-order chi connectivity index (χ1) is 15.8. The molecule has 33 heavy (non-hydrogen) atoms. The molecule has 4 heteroatoms. The average Bonchev–Trinajstić information content (AvgIpc) is 3.46. The van der Waals surface area contributed by atoms with Crippen LogP contribution in [0.3, 0.4) is 0 Å². The van der Waals surface area contributed by atoms with Gasteiger partial charge in [-0.3, -0.25) is 4.68 Å². The van der Waals surface area contributed by atoms with Crippen LogP contribution in [0.5, 0.6) is 0 Å². The maximum Gasteiger partial charge on any atom is 0.0679 e. The van der Waals surface area contributed by atoms with Crippen LogP contribution < -0.4 is 4.90 Å². The summed E-state index contributed by atoms with van der Waals surface area (Å²) in [6, 6.07) is 21.7. The Morgan fingerprint density at radius 1 is 0.697 bits per heavy atom. The number of hydrogen-bond acceptors (Lipinski definition) is 2. The fourth-order valence-electron chi connectivity index (χ4n) is 4.38. The molecular weight excluding hydrogens is 404 g/mol. The number of likely N-dealkylation sites (N-methyl/N-ethyl adjacent to an activating group) is 1. The number of nitrogens with zero attached hydrogens (tertiary/aromatic N) is 4. The highest BCUT2D eigenvalue weighted by Crippen LogP contribution is 2.26. The molecule has 5 aromatic rings. The fourth-order valence-corrected chi connectivity index (χ4v) is 4.38. The van der Waals surface area contributed by atoms with Crippen LogP contribution in [0.25, 0.3) is 21.8 Å². The zero-order valence-corrected chi connectivity index (χ0v) is 20.6. The van der Waals surface area contributed by atoms with Crippen molar-refractivity contribution < 1.29 is 0 Å². The van der Waals surface area contributed by atoms with Crippen molar-refractivity contribution in [3.05, 3.63) is 95.3 Å². The average molecular weight is 439 g/mol. The molecule has 0 radical (unpaired) electrons. The fraction of sp³-hybridized carbons (Fsp3) is 0.276. The zero-order chi connectivity index (χ0) is 23.5. The molecule has 0 bridgehead atoms. The summed E-state index contributed by atoms with van der Waals surface area (Å²) in [6.07, 6.45) is 5.19. The van der Waals surface area contributed by atoms with E-state index in [1.54, 1.807) is 0 Å². The molecule has 1 aliphatic heterocycles. The first-order valence-corrected chi connectivity index (χ1v) is 11.5. The Hall–Kier alpha value is -3.53. The number of rotatable bonds is 0. The zero-order valence-electron chi connectivity index (χ0n) is 20.6. The predicted octanol–water partition coefficient (Wildman–Crippen LogP) is 6.36. The lowest BCUT2D eigenvalue weighted by atomic mass is 10.1. The van der Waals surface area contributed by atoms with Gasteiger partial charge in [-0.1, -0.05) is 41.0 Å². The van der Waals surface area contributed by atoms with Gasteiger partial charge in [0.05, 0.1) is 11.7 Å². The van der Waals surface area contributed by atoms with Crippen molar-refractivity contribution in [1.82, 2.24) is 14.3 Å². The van der Waals surface area contributed by atoms with Crippen molar-refractivity contribution in [1.29, 1.82) is 0 Å². The molecule has 4 nitrogen and oxygen atoms in total. The second-order valence-corrected chi connectivity index (χ2v) is 9.12. The molecule has 0 atom stereocenters. The minimum atomic E-state index is 1.18. The SMILES string of the molecule is Cc1ccc2c(c1)CCN2C.Cc1ccc2c(ccn2C)c1.Cc1ccc2c(cnn2C)c1. The molecule has 3 heterocycles. The largest absolute Gasteiger partial charge is 0.374 e. The van der Waals surface area contributed by atoms with Crippen molar-refractivity contribution >= 4 is 27.5 Å². The van der Waals surface area contributed by atoms with Gasteiger partial charge in [0.15, 0.2) is 0 Å². The highest BCUT2D eigenvalue weighted by atomic mass is 15.2. The summed E-state index contributed by atoms with van der Waals surface area (Å²) in [5.74, 6) is 0. The summed E-state index contributed by atoms with van der Waals surface area (Å²) >= 11 is 0. The number of aryl methyl sites for hydroxylation is 5. The molecule has 0 unspecified atom stereocenters. The number of fused-ring (bicyclic) bond motifs is 3. The predicted molar refractivity (Wildman–Crippen MR) is 141 cm³/mol. The molecule has 6 rings (SSSR count). The minimum Gasteiger partial charge on any atom is -0.374 e. The monoisotopic (exact) mass is 438 g/mol. The Labute approximate surface area is 197 Å². The molecule has 170 valence electrons. The number of benzene rings is 3. The first-order valence-electron chi connectivity index (χ1n) is 11.5. The van der Waals surface area contributed by atoms with E-state index in [0.29, 0.717) is 0 Å². The van der Waals surface area contributed by atoms with E-state index in [4.69, 9.17) is 0 Å². The third-order valence-corrected chi connectivity index (χ3v) is 6.31. The van der Waals surface area contributed by atoms with Crippen LogP contribution in [0.15, 0.2) is 73.1 Å². The normalized spacial score (nSPS) is 12.2. The topological polar surface area (TPSA) is 26.0 Å². The Morgan fingerprint density at radius 2 is 1.33 bits per heavy atom. The van der Waals surface area contributed by atoms with Crippen LogP contribution in [0.4, 0.5) is 5.69 Å². The number of anilines is 1. The molecule has 0 saturated heterocycles. The lowest BCUT2D eigenvalue weighted by molar-refractivity contribution is 0.797. The molecule has 2 aromatic heterocycles. The van der Waals surface area contributed by atoms with Gasteiger partial charge in [0.25, 0.3) is 0 Å². The van der Waals surface area contributed by atoms with Crippen molar-refractivity contribution in [2.24, 2.45) is 14.1 Å². The smallest absolute Gasteiger partial charge is 0.0679 e. The van der Waals surface area contributed by atoms with Gasteiger partial charge in [-0.2, -0.15) is 5.10 Å². The maximum atomic E-state index is 4.15. The van der Waals surface area contributed by atoms with Gasteiger partial charge in [0.1, 0.15) is 0 Å². The van der Waals surface area contributed by atoms with E-state index in [1.165, 1.54) is 62.7 Å². The highest BCUT2D eigenvalue weighted by molar-refractivity contribution is 5.80. The highest BCUT2D eigenvalue weighted by Gasteiger charge is 2.14. The van der Waals surface area contributed by atoms with Gasteiger partial charge < -0.3 is 9.47 Å². The van der Waals surface area contributed by atoms with Gasteiger partial charge >= 0.3 is 0 Å². The minimum absolute atomic E-state index is 1.18. The molecule has 0 N–H and O–H groups in total. The Morgan fingerprint density at radius 3 is 2.09 bits per heavy atom. The molecule has 1 aliphatic rings. The summed E-state index contributed by atoms with van der Waals surface area (Å²) < 4.78 is 4.02. The van der Waals surface area contributed by atoms with Crippen molar-refractivity contribution in [3.8, 4) is 0 Å². The summed E-state index contributed by atoms with van der Waals surface area (Å²) in [6.45, 7) is 7.54. The van der Waals surface area contributed by atoms with Gasteiger partial charge in [-0.15, -0.1) is 0 Å². The molecule has 3 aromatic carbocycles. The third kappa shape index (κ3) is 5.11. The summed E-state index contributed by atoms with van der Waals surface area (Å²) in [4.78, 5) is 2.31. The van der Waals surface area contributed by atoms with Crippen LogP contribution in [0.1, 0.15) is 22.3 Å². The van der Waals surface area contributed by atoms with Crippen molar-refractivity contribution in [3.63, 3.8) is 0 Å². The van der Waals surface area contributed by atoms with Crippen LogP contribution in [0.2, 0.25) is 0 Å². The molecular formula is C29H34N4. The van der Waals surface area contributed by atoms with Gasteiger partial charge in [-0.05, 0) is 74.5 Å². The summed E-state index contributed by atoms with van der Waals surface area (Å²) in [7, 11) is 6.18. The standard InChI is InChI=1S/C10H13N.C10H11N.C9H10N2/c2*1-8-3-4-10-9(7-8)5-6-11(10)2;1-7-3-4-9-8(5-7)6-10-11(9)2/h3-4,7H,5-6H2,1-2H3;3-7H,1-2H3;3-6H,1-2H3. The van der Waals surface area contributed by atoms with Crippen molar-refractivity contribution in [2.75, 3.05) is 18.5 Å². The molecule has 0 saturated carbocycles. The van der Waals surface area contributed by atoms with Crippen LogP contribution in [-0.2, 0) is 20.5 Å². The van der Waals surface area contributed by atoms with E-state index in [-0.39, 0.29) is 0 Å². The van der Waals surface area contributed by atoms with E-state index in [0.717, 1.165) is 0 Å². The Balaban J connectivity index is 0.000000118. The van der Waals surface area contributed by atoms with Crippen LogP contribution >= 0.6 is 0 Å². The molecule has 0 amide bonds. The van der Waals surface area contributed by atoms with Gasteiger partial charge in [0.2, 0.25) is 0 Å². The van der Waals surface area contributed by atoms with E-state index >= 15 is 0 Å².